The highest BCUT2D eigenvalue weighted by molar-refractivity contribution is 9.10. The zero-order valence-corrected chi connectivity index (χ0v) is 14.3. The molecule has 3 nitrogen and oxygen atoms in total. The predicted octanol–water partition coefficient (Wildman–Crippen LogP) is 5.47. The van der Waals surface area contributed by atoms with Crippen molar-refractivity contribution in [3.63, 3.8) is 0 Å². The van der Waals surface area contributed by atoms with E-state index in [1.165, 1.54) is 6.07 Å². The van der Waals surface area contributed by atoms with E-state index in [2.05, 4.69) is 46.9 Å². The van der Waals surface area contributed by atoms with Crippen LogP contribution in [0.2, 0.25) is 5.15 Å². The first-order valence-electron chi connectivity index (χ1n) is 5.74. The second-order valence-electron chi connectivity index (χ2n) is 3.98. The third-order valence-corrected chi connectivity index (χ3v) is 4.15. The topological polar surface area (TPSA) is 34.1 Å². The van der Waals surface area contributed by atoms with E-state index in [-0.39, 0.29) is 5.75 Å². The molecule has 8 heteroatoms. The quantitative estimate of drug-likeness (QED) is 0.624. The van der Waals surface area contributed by atoms with Gasteiger partial charge in [-0.1, -0.05) is 27.5 Å². The number of hydrogen-bond donors (Lipinski definition) is 1. The van der Waals surface area contributed by atoms with E-state index < -0.39 is 6.61 Å². The molecule has 1 aromatic carbocycles. The Morgan fingerprint density at radius 1 is 1.29 bits per heavy atom. The lowest BCUT2D eigenvalue weighted by molar-refractivity contribution is -0.0504. The van der Waals surface area contributed by atoms with Gasteiger partial charge in [0, 0.05) is 16.6 Å². The average Bonchev–Trinajstić information content (AvgIpc) is 2.42. The Bertz CT molecular complexity index is 644. The van der Waals surface area contributed by atoms with E-state index in [4.69, 9.17) is 11.6 Å². The molecule has 2 aromatic rings. The Morgan fingerprint density at radius 3 is 2.71 bits per heavy atom. The van der Waals surface area contributed by atoms with E-state index >= 15 is 0 Å². The van der Waals surface area contributed by atoms with Gasteiger partial charge in [-0.2, -0.15) is 8.78 Å². The summed E-state index contributed by atoms with van der Waals surface area (Å²) in [7, 11) is 0. The van der Waals surface area contributed by atoms with E-state index in [9.17, 15) is 8.78 Å². The Labute approximate surface area is 141 Å². The number of hydrogen-bond acceptors (Lipinski definition) is 3. The highest BCUT2D eigenvalue weighted by Gasteiger charge is 2.10. The van der Waals surface area contributed by atoms with E-state index in [1.807, 2.05) is 0 Å². The summed E-state index contributed by atoms with van der Waals surface area (Å²) in [5, 5.41) is 3.42. The fourth-order valence-electron chi connectivity index (χ4n) is 1.61. The molecule has 0 amide bonds. The predicted molar refractivity (Wildman–Crippen MR) is 85.0 cm³/mol. The summed E-state index contributed by atoms with van der Waals surface area (Å²) in [6, 6.07) is 6.59. The maximum absolute atomic E-state index is 12.4. The number of benzene rings is 1. The third-order valence-electron chi connectivity index (χ3n) is 2.52. The highest BCUT2D eigenvalue weighted by atomic mass is 79.9. The van der Waals surface area contributed by atoms with Gasteiger partial charge in [-0.05, 0) is 40.2 Å². The lowest BCUT2D eigenvalue weighted by Crippen LogP contribution is -2.07. The molecule has 0 saturated carbocycles. The van der Waals surface area contributed by atoms with Crippen LogP contribution in [0, 0.1) is 0 Å². The third kappa shape index (κ3) is 4.79. The van der Waals surface area contributed by atoms with Gasteiger partial charge in [0.25, 0.3) is 0 Å². The Kier molecular flexibility index (Phi) is 5.78. The number of rotatable bonds is 5. The van der Waals surface area contributed by atoms with Gasteiger partial charge in [0.2, 0.25) is 0 Å². The minimum Gasteiger partial charge on any atom is -0.434 e. The Balaban J connectivity index is 2.14. The molecule has 1 aromatic heterocycles. The number of alkyl halides is 2. The zero-order valence-electron chi connectivity index (χ0n) is 10.4. The summed E-state index contributed by atoms with van der Waals surface area (Å²) in [5.74, 6) is 0.127. The molecule has 0 bridgehead atoms. The van der Waals surface area contributed by atoms with Gasteiger partial charge in [-0.25, -0.2) is 4.98 Å². The van der Waals surface area contributed by atoms with Crippen molar-refractivity contribution in [2.75, 3.05) is 5.32 Å². The summed E-state index contributed by atoms with van der Waals surface area (Å²) in [5.41, 5.74) is 1.30. The van der Waals surface area contributed by atoms with Gasteiger partial charge in [0.1, 0.15) is 10.9 Å². The minimum atomic E-state index is -2.86. The SMILES string of the molecule is FC(F)Oc1ccc(Br)cc1CNc1cnc(Cl)c(Br)c1. The van der Waals surface area contributed by atoms with Crippen molar-refractivity contribution >= 4 is 49.1 Å². The average molecular weight is 442 g/mol. The van der Waals surface area contributed by atoms with E-state index in [0.29, 0.717) is 27.4 Å². The van der Waals surface area contributed by atoms with Crippen LogP contribution in [0.1, 0.15) is 5.56 Å². The van der Waals surface area contributed by atoms with Gasteiger partial charge in [0.15, 0.2) is 0 Å². The van der Waals surface area contributed by atoms with Crippen LogP contribution >= 0.6 is 43.5 Å². The Hall–Kier alpha value is -0.920. The number of nitrogens with one attached hydrogen (secondary N) is 1. The van der Waals surface area contributed by atoms with Crippen LogP contribution in [0.3, 0.4) is 0 Å². The summed E-state index contributed by atoms with van der Waals surface area (Å²) in [6.45, 7) is -2.56. The molecule has 0 aliphatic heterocycles. The highest BCUT2D eigenvalue weighted by Crippen LogP contribution is 2.27. The second kappa shape index (κ2) is 7.38. The van der Waals surface area contributed by atoms with Gasteiger partial charge >= 0.3 is 6.61 Å². The van der Waals surface area contributed by atoms with Gasteiger partial charge in [-0.3, -0.25) is 0 Å². The molecule has 0 atom stereocenters. The molecule has 1 heterocycles. The lowest BCUT2D eigenvalue weighted by Gasteiger charge is -2.13. The number of pyridine rings is 1. The normalized spacial score (nSPS) is 10.8. The molecule has 0 aliphatic carbocycles. The fourth-order valence-corrected chi connectivity index (χ4v) is 2.47. The zero-order chi connectivity index (χ0) is 15.4. The monoisotopic (exact) mass is 440 g/mol. The molecular formula is C13H9Br2ClF2N2O. The number of nitrogens with zero attached hydrogens (tertiary/aromatic N) is 1. The molecule has 0 unspecified atom stereocenters. The van der Waals surface area contributed by atoms with Crippen molar-refractivity contribution in [2.45, 2.75) is 13.2 Å². The fraction of sp³-hybridized carbons (Fsp3) is 0.154. The van der Waals surface area contributed by atoms with Crippen LogP contribution < -0.4 is 10.1 Å². The van der Waals surface area contributed by atoms with Crippen molar-refractivity contribution in [1.82, 2.24) is 4.98 Å². The minimum absolute atomic E-state index is 0.127. The van der Waals surface area contributed by atoms with Crippen LogP contribution in [-0.4, -0.2) is 11.6 Å². The molecule has 0 spiro atoms. The number of anilines is 1. The Morgan fingerprint density at radius 2 is 2.05 bits per heavy atom. The standard InChI is InChI=1S/C13H9Br2ClF2N2O/c14-8-1-2-11(21-13(17)18)7(3-8)5-19-9-4-10(15)12(16)20-6-9/h1-4,6,13,19H,5H2. The smallest absolute Gasteiger partial charge is 0.387 e. The molecule has 2 rings (SSSR count). The van der Waals surface area contributed by atoms with E-state index in [1.54, 1.807) is 24.4 Å². The van der Waals surface area contributed by atoms with Gasteiger partial charge in [0.05, 0.1) is 16.4 Å². The molecule has 21 heavy (non-hydrogen) atoms. The van der Waals surface area contributed by atoms with Crippen LogP contribution in [0.4, 0.5) is 14.5 Å². The van der Waals surface area contributed by atoms with Crippen LogP contribution in [-0.2, 0) is 6.54 Å². The maximum Gasteiger partial charge on any atom is 0.387 e. The first-order chi connectivity index (χ1) is 9.95. The van der Waals surface area contributed by atoms with Crippen molar-refractivity contribution in [1.29, 1.82) is 0 Å². The lowest BCUT2D eigenvalue weighted by atomic mass is 10.2. The molecule has 112 valence electrons. The van der Waals surface area contributed by atoms with Gasteiger partial charge < -0.3 is 10.1 Å². The summed E-state index contributed by atoms with van der Waals surface area (Å²) >= 11 is 12.4. The van der Waals surface area contributed by atoms with Crippen molar-refractivity contribution in [3.8, 4) is 5.75 Å². The van der Waals surface area contributed by atoms with Crippen molar-refractivity contribution in [2.24, 2.45) is 0 Å². The van der Waals surface area contributed by atoms with Crippen LogP contribution in [0.15, 0.2) is 39.4 Å². The number of halogens is 5. The first-order valence-corrected chi connectivity index (χ1v) is 7.70. The number of aromatic nitrogens is 1. The van der Waals surface area contributed by atoms with Gasteiger partial charge in [-0.15, -0.1) is 0 Å². The molecule has 0 radical (unpaired) electrons. The molecule has 0 aliphatic rings. The molecular weight excluding hydrogens is 433 g/mol. The van der Waals surface area contributed by atoms with Crippen LogP contribution in [0.25, 0.3) is 0 Å². The summed E-state index contributed by atoms with van der Waals surface area (Å²) in [6.07, 6.45) is 1.55. The van der Waals surface area contributed by atoms with Crippen molar-refractivity contribution < 1.29 is 13.5 Å². The second-order valence-corrected chi connectivity index (χ2v) is 6.11. The molecule has 1 N–H and O–H groups in total. The van der Waals surface area contributed by atoms with E-state index in [0.717, 1.165) is 4.47 Å². The number of ether oxygens (including phenoxy) is 1. The maximum atomic E-state index is 12.4. The largest absolute Gasteiger partial charge is 0.434 e. The van der Waals surface area contributed by atoms with Crippen LogP contribution in [0.5, 0.6) is 5.75 Å². The molecule has 0 fully saturated rings. The first kappa shape index (κ1) is 16.5. The molecule has 0 saturated heterocycles. The van der Waals surface area contributed by atoms with Crippen molar-refractivity contribution in [3.05, 3.63) is 50.1 Å². The summed E-state index contributed by atoms with van der Waals surface area (Å²) in [4.78, 5) is 3.97. The summed E-state index contributed by atoms with van der Waals surface area (Å²) < 4.78 is 30.7.